The molecule has 0 spiro atoms. The Morgan fingerprint density at radius 1 is 0.727 bits per heavy atom. The largest absolute Gasteiger partial charge is 0.184 e. The zero-order valence-electron chi connectivity index (χ0n) is 26.6. The van der Waals surface area contributed by atoms with Crippen LogP contribution in [0.15, 0.2) is 127 Å². The Bertz CT molecular complexity index is 1460. The molecular formula is C40H45Cl2SiZr-3. The maximum absolute atomic E-state index is 4.93. The topological polar surface area (TPSA) is 0 Å². The number of hydrogen-bond acceptors (Lipinski definition) is 0. The molecule has 0 saturated heterocycles. The molecule has 0 unspecified atom stereocenters. The summed E-state index contributed by atoms with van der Waals surface area (Å²) in [5.74, 6) is 0. The minimum absolute atomic E-state index is 0.826. The van der Waals surface area contributed by atoms with Crippen molar-refractivity contribution in [3.05, 3.63) is 145 Å². The van der Waals surface area contributed by atoms with Crippen LogP contribution in [0.3, 0.4) is 0 Å². The van der Waals surface area contributed by atoms with Gasteiger partial charge in [0.05, 0.1) is 0 Å². The van der Waals surface area contributed by atoms with E-state index in [1.54, 1.807) is 0 Å². The Balaban J connectivity index is 0.000000260. The van der Waals surface area contributed by atoms with E-state index in [9.17, 15) is 0 Å². The van der Waals surface area contributed by atoms with Gasteiger partial charge in [0, 0.05) is 9.52 Å². The van der Waals surface area contributed by atoms with Crippen molar-refractivity contribution in [2.75, 3.05) is 0 Å². The molecule has 0 nitrogen and oxygen atoms in total. The number of benzene rings is 4. The summed E-state index contributed by atoms with van der Waals surface area (Å²) >= 11 is -0.826. The van der Waals surface area contributed by atoms with Crippen molar-refractivity contribution in [1.82, 2.24) is 0 Å². The van der Waals surface area contributed by atoms with Gasteiger partial charge in [0.1, 0.15) is 0 Å². The third-order valence-corrected chi connectivity index (χ3v) is 6.87. The van der Waals surface area contributed by atoms with E-state index < -0.39 is 20.8 Å². The smallest absolute Gasteiger partial charge is 0.0809 e. The van der Waals surface area contributed by atoms with Crippen LogP contribution in [-0.2, 0) is 33.7 Å². The molecule has 0 aliphatic heterocycles. The summed E-state index contributed by atoms with van der Waals surface area (Å²) in [6.45, 7) is 8.81. The van der Waals surface area contributed by atoms with Crippen molar-refractivity contribution in [3.63, 3.8) is 0 Å². The molecule has 0 bridgehead atoms. The zero-order chi connectivity index (χ0) is 31.8. The van der Waals surface area contributed by atoms with Crippen LogP contribution in [0.25, 0.3) is 32.7 Å². The van der Waals surface area contributed by atoms with Crippen molar-refractivity contribution in [2.24, 2.45) is 0 Å². The molecule has 44 heavy (non-hydrogen) atoms. The summed E-state index contributed by atoms with van der Waals surface area (Å²) in [6, 6.07) is 47.8. The van der Waals surface area contributed by atoms with Crippen LogP contribution in [0.2, 0.25) is 13.1 Å². The van der Waals surface area contributed by atoms with E-state index in [2.05, 4.69) is 130 Å². The average molecular weight is 716 g/mol. The Morgan fingerprint density at radius 2 is 1.36 bits per heavy atom. The number of fused-ring (bicyclic) bond motifs is 2. The van der Waals surface area contributed by atoms with Crippen molar-refractivity contribution in [3.8, 4) is 11.1 Å². The first-order chi connectivity index (χ1) is 21.6. The van der Waals surface area contributed by atoms with Gasteiger partial charge in [-0.05, 0) is 30.4 Å². The van der Waals surface area contributed by atoms with Crippen molar-refractivity contribution in [2.45, 2.75) is 65.5 Å². The van der Waals surface area contributed by atoms with Crippen LogP contribution < -0.4 is 0 Å². The molecule has 6 aromatic carbocycles. The zero-order valence-corrected chi connectivity index (χ0v) is 31.6. The number of hydrogen-bond donors (Lipinski definition) is 0. The molecule has 0 fully saturated rings. The number of unbranched alkanes of at least 4 members (excludes halogenated alkanes) is 2. The minimum atomic E-state index is -0.826. The van der Waals surface area contributed by atoms with Crippen LogP contribution in [0.5, 0.6) is 0 Å². The van der Waals surface area contributed by atoms with Crippen LogP contribution in [0.4, 0.5) is 0 Å². The van der Waals surface area contributed by atoms with Gasteiger partial charge in [-0.2, -0.15) is 60.0 Å². The summed E-state index contributed by atoms with van der Waals surface area (Å²) < 4.78 is 0. The second kappa shape index (κ2) is 24.1. The van der Waals surface area contributed by atoms with Crippen molar-refractivity contribution >= 4 is 48.1 Å². The van der Waals surface area contributed by atoms with Gasteiger partial charge in [0.15, 0.2) is 0 Å². The van der Waals surface area contributed by atoms with Gasteiger partial charge in [0.25, 0.3) is 0 Å². The maximum Gasteiger partial charge on any atom is -0.0809 e. The minimum Gasteiger partial charge on any atom is -0.184 e. The van der Waals surface area contributed by atoms with E-state index in [-0.39, 0.29) is 0 Å². The predicted octanol–water partition coefficient (Wildman–Crippen LogP) is 13.1. The number of halogens is 2. The van der Waals surface area contributed by atoms with E-state index in [4.69, 9.17) is 17.0 Å². The molecule has 0 saturated carbocycles. The van der Waals surface area contributed by atoms with E-state index in [0.717, 1.165) is 9.52 Å². The molecule has 0 heterocycles. The number of aryl methyl sites for hydroxylation is 2. The van der Waals surface area contributed by atoms with Crippen molar-refractivity contribution < 1.29 is 20.8 Å². The molecule has 0 N–H and O–H groups in total. The molecule has 2 radical (unpaired) electrons. The summed E-state index contributed by atoms with van der Waals surface area (Å²) in [4.78, 5) is 0. The molecule has 0 atom stereocenters. The Morgan fingerprint density at radius 3 is 1.95 bits per heavy atom. The molecule has 0 aliphatic rings. The average Bonchev–Trinajstić information content (AvgIpc) is 3.72. The first-order valence-corrected chi connectivity index (χ1v) is 23.8. The predicted molar refractivity (Wildman–Crippen MR) is 196 cm³/mol. The monoisotopic (exact) mass is 713 g/mol. The van der Waals surface area contributed by atoms with Crippen LogP contribution in [-0.4, -0.2) is 9.52 Å². The van der Waals surface area contributed by atoms with Crippen LogP contribution >= 0.6 is 17.0 Å². The van der Waals surface area contributed by atoms with E-state index in [1.165, 1.54) is 82.3 Å². The van der Waals surface area contributed by atoms with E-state index in [1.807, 2.05) is 30.3 Å². The van der Waals surface area contributed by atoms with E-state index >= 15 is 0 Å². The van der Waals surface area contributed by atoms with Crippen LogP contribution in [0.1, 0.15) is 50.7 Å². The van der Waals surface area contributed by atoms with Crippen LogP contribution in [0, 0.1) is 6.07 Å². The first kappa shape index (κ1) is 38.0. The molecule has 0 amide bonds. The summed E-state index contributed by atoms with van der Waals surface area (Å²) in [7, 11) is 11.0. The Kier molecular flexibility index (Phi) is 20.8. The van der Waals surface area contributed by atoms with Gasteiger partial charge in [-0.1, -0.05) is 88.2 Å². The standard InChI is InChI=1S/C23H27.C9H7.C6H5.C2H6Si.2ClH.Zr/c1-3-5-8-18-12-14-20(15-13-18)22-11-7-10-21-16-19(9-6-4-2)17-23(21)22;1-2-5-9-7-3-6-8(9)4-1;1-2-4-6-5-3-1;1-3-2;;;/h7,10-17H,3-6,8-9H2,1-2H3;1-7H;1-5H;1-2H3;2*1H;/q3*-1;;;;+2/p-2. The van der Waals surface area contributed by atoms with E-state index in [0.29, 0.717) is 0 Å². The van der Waals surface area contributed by atoms with Crippen molar-refractivity contribution in [1.29, 1.82) is 0 Å². The Hall–Kier alpha value is -2.22. The quantitative estimate of drug-likeness (QED) is 0.114. The summed E-state index contributed by atoms with van der Waals surface area (Å²) in [5, 5.41) is 5.44. The third kappa shape index (κ3) is 14.3. The SMILES string of the molecule is CCCCc1ccc(-c2cccc3[cH-]c(CCCC)cc23)cc1.C[Si]C.[Cl][Zr][Cl].[c-]1ccccc1.c1ccc2[cH-]ccc2c1. The van der Waals surface area contributed by atoms with Gasteiger partial charge >= 0.3 is 37.9 Å². The van der Waals surface area contributed by atoms with Gasteiger partial charge < -0.3 is 0 Å². The molecule has 0 aliphatic carbocycles. The molecule has 0 aromatic heterocycles. The molecular weight excluding hydrogens is 671 g/mol. The maximum atomic E-state index is 4.93. The molecule has 6 rings (SSSR count). The van der Waals surface area contributed by atoms with Gasteiger partial charge in [-0.15, -0.1) is 64.2 Å². The second-order valence-corrected chi connectivity index (χ2v) is 15.1. The second-order valence-electron chi connectivity index (χ2n) is 10.4. The fourth-order valence-corrected chi connectivity index (χ4v) is 4.72. The fraction of sp³-hybridized carbons (Fsp3) is 0.250. The third-order valence-electron chi connectivity index (χ3n) is 6.87. The normalized spacial score (nSPS) is 9.77. The molecule has 4 heteroatoms. The summed E-state index contributed by atoms with van der Waals surface area (Å²) in [6.07, 6.45) is 7.46. The fourth-order valence-electron chi connectivity index (χ4n) is 4.72. The van der Waals surface area contributed by atoms with Gasteiger partial charge in [0.2, 0.25) is 0 Å². The van der Waals surface area contributed by atoms with Gasteiger partial charge in [-0.3, -0.25) is 0 Å². The first-order valence-electron chi connectivity index (χ1n) is 15.5. The van der Waals surface area contributed by atoms with Gasteiger partial charge in [-0.25, -0.2) is 0 Å². The summed E-state index contributed by atoms with van der Waals surface area (Å²) in [5.41, 5.74) is 5.64. The number of rotatable bonds is 7. The Labute approximate surface area is 288 Å². The molecule has 230 valence electrons. The molecule has 6 aromatic rings.